The highest BCUT2D eigenvalue weighted by Crippen LogP contribution is 2.56. The number of benzene rings is 1. The maximum Gasteiger partial charge on any atom is 0.460 e. The second kappa shape index (κ2) is 6.13. The van der Waals surface area contributed by atoms with Gasteiger partial charge >= 0.3 is 23.9 Å². The number of nitrogen functional groups attached to an aromatic ring is 2. The molecule has 2 aromatic rings. The molecule has 1 heterocycles. The quantitative estimate of drug-likeness (QED) is 0.759. The number of hydrogen-bond donors (Lipinski definition) is 2. The molecule has 1 aromatic carbocycles. The third-order valence-electron chi connectivity index (χ3n) is 3.32. The number of aromatic nitrogens is 3. The van der Waals surface area contributed by atoms with Gasteiger partial charge in [0.25, 0.3) is 0 Å². The first-order chi connectivity index (χ1) is 12.1. The lowest BCUT2D eigenvalue weighted by Gasteiger charge is -2.33. The van der Waals surface area contributed by atoms with Gasteiger partial charge in [-0.3, -0.25) is 0 Å². The number of alkyl halides is 9. The SMILES string of the molecule is Nc1nc(N)nc(-c2ccc(C(F)(F)C(F)(F)C(F)(F)C(F)(F)F)cc2)n1. The average molecular weight is 405 g/mol. The fourth-order valence-corrected chi connectivity index (χ4v) is 1.92. The van der Waals surface area contributed by atoms with Crippen LogP contribution in [0.2, 0.25) is 0 Å². The maximum atomic E-state index is 13.8. The highest BCUT2D eigenvalue weighted by Gasteiger charge is 2.81. The van der Waals surface area contributed by atoms with Crippen LogP contribution in [0.4, 0.5) is 51.4 Å². The predicted octanol–water partition coefficient (Wildman–Crippen LogP) is 3.63. The largest absolute Gasteiger partial charge is 0.460 e. The van der Waals surface area contributed by atoms with E-state index in [1.807, 2.05) is 0 Å². The van der Waals surface area contributed by atoms with E-state index >= 15 is 0 Å². The summed E-state index contributed by atoms with van der Waals surface area (Å²) in [5.74, 6) is -20.5. The topological polar surface area (TPSA) is 90.7 Å². The van der Waals surface area contributed by atoms with Crippen molar-refractivity contribution < 1.29 is 39.5 Å². The van der Waals surface area contributed by atoms with Gasteiger partial charge in [0.05, 0.1) is 0 Å². The first kappa shape index (κ1) is 20.5. The summed E-state index contributed by atoms with van der Waals surface area (Å²) in [7, 11) is 0. The van der Waals surface area contributed by atoms with Crippen LogP contribution < -0.4 is 11.5 Å². The summed E-state index contributed by atoms with van der Waals surface area (Å²) >= 11 is 0. The Hall–Kier alpha value is -2.80. The van der Waals surface area contributed by atoms with Gasteiger partial charge in [-0.15, -0.1) is 0 Å². The van der Waals surface area contributed by atoms with E-state index < -0.39 is 29.5 Å². The summed E-state index contributed by atoms with van der Waals surface area (Å²) in [5.41, 5.74) is 8.69. The first-order valence-electron chi connectivity index (χ1n) is 6.69. The zero-order valence-corrected chi connectivity index (χ0v) is 12.7. The predicted molar refractivity (Wildman–Crippen MR) is 73.9 cm³/mol. The standard InChI is InChI=1S/C13H8F9N5/c14-10(15,11(16,17)12(18,19)13(20,21)22)6-3-1-5(2-4-6)7-25-8(23)27-9(24)26-7/h1-4H,(H4,23,24,25,26,27). The third-order valence-corrected chi connectivity index (χ3v) is 3.32. The van der Waals surface area contributed by atoms with E-state index in [2.05, 4.69) is 15.0 Å². The Morgan fingerprint density at radius 1 is 0.630 bits per heavy atom. The fourth-order valence-electron chi connectivity index (χ4n) is 1.92. The van der Waals surface area contributed by atoms with Crippen molar-refractivity contribution in [3.05, 3.63) is 29.8 Å². The minimum atomic E-state index is -6.97. The van der Waals surface area contributed by atoms with Crippen LogP contribution in [0.5, 0.6) is 0 Å². The van der Waals surface area contributed by atoms with Gasteiger partial charge in [-0.25, -0.2) is 0 Å². The van der Waals surface area contributed by atoms with Crippen LogP contribution in [-0.2, 0) is 5.92 Å². The van der Waals surface area contributed by atoms with E-state index in [1.165, 1.54) is 0 Å². The molecule has 0 saturated carbocycles. The van der Waals surface area contributed by atoms with E-state index in [1.54, 1.807) is 0 Å². The Morgan fingerprint density at radius 2 is 1.07 bits per heavy atom. The molecule has 148 valence electrons. The van der Waals surface area contributed by atoms with Crippen LogP contribution in [0, 0.1) is 0 Å². The Kier molecular flexibility index (Phi) is 4.65. The molecule has 0 spiro atoms. The number of nitrogens with two attached hydrogens (primary N) is 2. The van der Waals surface area contributed by atoms with Gasteiger partial charge in [0.15, 0.2) is 5.82 Å². The lowest BCUT2D eigenvalue weighted by atomic mass is 9.96. The van der Waals surface area contributed by atoms with Gasteiger partial charge in [-0.2, -0.15) is 54.5 Å². The summed E-state index contributed by atoms with van der Waals surface area (Å²) in [6.45, 7) is 0. The Balaban J connectivity index is 2.45. The molecule has 1 aromatic heterocycles. The van der Waals surface area contributed by atoms with E-state index in [4.69, 9.17) is 11.5 Å². The van der Waals surface area contributed by atoms with E-state index in [9.17, 15) is 39.5 Å². The summed E-state index contributed by atoms with van der Waals surface area (Å²) in [6, 6.07) is 1.84. The smallest absolute Gasteiger partial charge is 0.368 e. The highest BCUT2D eigenvalue weighted by molar-refractivity contribution is 5.58. The van der Waals surface area contributed by atoms with E-state index in [0.717, 1.165) is 0 Å². The molecule has 0 saturated heterocycles. The number of anilines is 2. The molecule has 2 rings (SSSR count). The molecular formula is C13H8F9N5. The second-order valence-corrected chi connectivity index (χ2v) is 5.17. The zero-order chi connectivity index (χ0) is 20.8. The molecule has 5 nitrogen and oxygen atoms in total. The molecule has 0 aliphatic rings. The van der Waals surface area contributed by atoms with Gasteiger partial charge < -0.3 is 11.5 Å². The van der Waals surface area contributed by atoms with Crippen molar-refractivity contribution in [3.63, 3.8) is 0 Å². The molecule has 0 aliphatic carbocycles. The van der Waals surface area contributed by atoms with E-state index in [0.29, 0.717) is 12.1 Å². The Bertz CT molecular complexity index is 813. The van der Waals surface area contributed by atoms with Crippen LogP contribution in [-0.4, -0.2) is 33.0 Å². The molecule has 0 bridgehead atoms. The van der Waals surface area contributed by atoms with Crippen molar-refractivity contribution >= 4 is 11.9 Å². The third kappa shape index (κ3) is 3.30. The molecular weight excluding hydrogens is 397 g/mol. The molecule has 0 aliphatic heterocycles. The number of halogens is 9. The van der Waals surface area contributed by atoms with E-state index in [-0.39, 0.29) is 35.4 Å². The van der Waals surface area contributed by atoms with Crippen molar-refractivity contribution in [3.8, 4) is 11.4 Å². The molecule has 0 amide bonds. The number of nitrogens with zero attached hydrogens (tertiary/aromatic N) is 3. The number of hydrogen-bond acceptors (Lipinski definition) is 5. The first-order valence-corrected chi connectivity index (χ1v) is 6.69. The van der Waals surface area contributed by atoms with Gasteiger partial charge in [0.1, 0.15) is 0 Å². The van der Waals surface area contributed by atoms with Gasteiger partial charge in [0, 0.05) is 11.1 Å². The molecule has 27 heavy (non-hydrogen) atoms. The summed E-state index contributed by atoms with van der Waals surface area (Å²) < 4.78 is 117. The minimum Gasteiger partial charge on any atom is -0.368 e. The zero-order valence-electron chi connectivity index (χ0n) is 12.7. The average Bonchev–Trinajstić information content (AvgIpc) is 2.52. The van der Waals surface area contributed by atoms with Gasteiger partial charge in [-0.1, -0.05) is 24.3 Å². The number of rotatable bonds is 4. The molecule has 4 N–H and O–H groups in total. The Labute approximate surface area is 144 Å². The van der Waals surface area contributed by atoms with Gasteiger partial charge in [0.2, 0.25) is 11.9 Å². The molecule has 14 heteroatoms. The van der Waals surface area contributed by atoms with Gasteiger partial charge in [-0.05, 0) is 0 Å². The normalized spacial score (nSPS) is 13.7. The summed E-state index contributed by atoms with van der Waals surface area (Å²) in [6.07, 6.45) is -6.89. The minimum absolute atomic E-state index is 0.110. The second-order valence-electron chi connectivity index (χ2n) is 5.17. The highest BCUT2D eigenvalue weighted by atomic mass is 19.4. The molecule has 0 unspecified atom stereocenters. The molecule has 0 fully saturated rings. The monoisotopic (exact) mass is 405 g/mol. The Morgan fingerprint density at radius 3 is 1.48 bits per heavy atom. The summed E-state index contributed by atoms with van der Waals surface area (Å²) in [5, 5.41) is 0. The van der Waals surface area contributed by atoms with Crippen LogP contribution in [0.15, 0.2) is 24.3 Å². The van der Waals surface area contributed by atoms with Crippen molar-refractivity contribution in [2.24, 2.45) is 0 Å². The molecule has 0 atom stereocenters. The summed E-state index contributed by atoms with van der Waals surface area (Å²) in [4.78, 5) is 10.6. The fraction of sp³-hybridized carbons (Fsp3) is 0.308. The lowest BCUT2D eigenvalue weighted by molar-refractivity contribution is -0.399. The van der Waals surface area contributed by atoms with Crippen LogP contribution >= 0.6 is 0 Å². The van der Waals surface area contributed by atoms with Crippen molar-refractivity contribution in [1.29, 1.82) is 0 Å². The van der Waals surface area contributed by atoms with Crippen molar-refractivity contribution in [2.75, 3.05) is 11.5 Å². The van der Waals surface area contributed by atoms with Crippen LogP contribution in [0.25, 0.3) is 11.4 Å². The van der Waals surface area contributed by atoms with Crippen LogP contribution in [0.3, 0.4) is 0 Å². The maximum absolute atomic E-state index is 13.8. The van der Waals surface area contributed by atoms with Crippen LogP contribution in [0.1, 0.15) is 5.56 Å². The van der Waals surface area contributed by atoms with Crippen molar-refractivity contribution in [2.45, 2.75) is 23.9 Å². The van der Waals surface area contributed by atoms with Crippen molar-refractivity contribution in [1.82, 2.24) is 15.0 Å². The molecule has 0 radical (unpaired) electrons. The lowest BCUT2D eigenvalue weighted by Crippen LogP contribution is -2.59.